The lowest BCUT2D eigenvalue weighted by molar-refractivity contribution is -0.146. The van der Waals surface area contributed by atoms with E-state index in [4.69, 9.17) is 4.74 Å². The zero-order chi connectivity index (χ0) is 14.7. The zero-order valence-corrected chi connectivity index (χ0v) is 12.8. The van der Waals surface area contributed by atoms with Crippen LogP contribution in [0.25, 0.3) is 0 Å². The molecule has 1 fully saturated rings. The number of carbonyl (C=O) groups excluding carboxylic acids is 1. The van der Waals surface area contributed by atoms with Crippen LogP contribution in [0.4, 0.5) is 5.69 Å². The molecule has 0 aliphatic carbocycles. The first-order chi connectivity index (χ1) is 9.52. The number of anilines is 1. The van der Waals surface area contributed by atoms with E-state index in [-0.39, 0.29) is 11.9 Å². The number of aliphatic hydroxyl groups is 2. The van der Waals surface area contributed by atoms with Crippen molar-refractivity contribution in [1.82, 2.24) is 0 Å². The maximum absolute atomic E-state index is 11.5. The molecule has 2 N–H and O–H groups in total. The number of methoxy groups -OCH3 is 1. The molecule has 20 heavy (non-hydrogen) atoms. The fourth-order valence-corrected chi connectivity index (χ4v) is 2.88. The van der Waals surface area contributed by atoms with Crippen molar-refractivity contribution in [3.05, 3.63) is 28.2 Å². The molecule has 0 spiro atoms. The fourth-order valence-electron chi connectivity index (χ4n) is 2.53. The number of rotatable bonds is 3. The van der Waals surface area contributed by atoms with Gasteiger partial charge >= 0.3 is 5.97 Å². The summed E-state index contributed by atoms with van der Waals surface area (Å²) in [5.41, 5.74) is 1.27. The second-order valence-electron chi connectivity index (χ2n) is 4.86. The van der Waals surface area contributed by atoms with Crippen LogP contribution in [0.2, 0.25) is 0 Å². The molecule has 2 rings (SSSR count). The predicted molar refractivity (Wildman–Crippen MR) is 78.3 cm³/mol. The smallest absolute Gasteiger partial charge is 0.308 e. The van der Waals surface area contributed by atoms with Crippen LogP contribution in [0.3, 0.4) is 0 Å². The molecule has 5 nitrogen and oxygen atoms in total. The summed E-state index contributed by atoms with van der Waals surface area (Å²) in [6.45, 7) is 1.38. The molecule has 0 atom stereocenters. The molecule has 1 aliphatic heterocycles. The number of carbonyl (C=O) groups is 1. The Morgan fingerprint density at radius 1 is 1.40 bits per heavy atom. The first kappa shape index (κ1) is 15.3. The molecule has 110 valence electrons. The van der Waals surface area contributed by atoms with Gasteiger partial charge in [-0.15, -0.1) is 0 Å². The van der Waals surface area contributed by atoms with Crippen LogP contribution in [0.1, 0.15) is 24.7 Å². The van der Waals surface area contributed by atoms with Crippen molar-refractivity contribution >= 4 is 27.6 Å². The van der Waals surface area contributed by atoms with Crippen LogP contribution in [-0.4, -0.2) is 36.4 Å². The number of esters is 1. The summed E-state index contributed by atoms with van der Waals surface area (Å²) in [4.78, 5) is 13.6. The maximum atomic E-state index is 11.5. The molecule has 0 bridgehead atoms. The van der Waals surface area contributed by atoms with Crippen LogP contribution in [0, 0.1) is 5.92 Å². The number of hydrogen-bond donors (Lipinski definition) is 2. The normalized spacial score (nSPS) is 16.6. The summed E-state index contributed by atoms with van der Waals surface area (Å²) in [6.07, 6.45) is -0.0863. The molecule has 1 aliphatic rings. The fraction of sp³-hybridized carbons (Fsp3) is 0.500. The number of halogens is 1. The Balaban J connectivity index is 2.14. The average molecular weight is 344 g/mol. The molecule has 0 radical (unpaired) electrons. The van der Waals surface area contributed by atoms with Crippen LogP contribution in [-0.2, 0) is 9.53 Å². The van der Waals surface area contributed by atoms with E-state index in [0.717, 1.165) is 10.2 Å². The Morgan fingerprint density at radius 3 is 2.60 bits per heavy atom. The second kappa shape index (κ2) is 6.56. The van der Waals surface area contributed by atoms with Gasteiger partial charge in [-0.25, -0.2) is 0 Å². The van der Waals surface area contributed by atoms with Gasteiger partial charge < -0.3 is 19.8 Å². The minimum atomic E-state index is -1.50. The van der Waals surface area contributed by atoms with E-state index in [1.165, 1.54) is 7.11 Å². The molecule has 6 heteroatoms. The highest BCUT2D eigenvalue weighted by atomic mass is 79.9. The van der Waals surface area contributed by atoms with Crippen molar-refractivity contribution in [1.29, 1.82) is 0 Å². The van der Waals surface area contributed by atoms with E-state index in [1.807, 2.05) is 6.07 Å². The third kappa shape index (κ3) is 3.31. The number of aliphatic hydroxyl groups excluding tert-OH is 1. The van der Waals surface area contributed by atoms with Gasteiger partial charge in [-0.3, -0.25) is 4.79 Å². The average Bonchev–Trinajstić information content (AvgIpc) is 2.46. The molecule has 1 heterocycles. The van der Waals surface area contributed by atoms with Gasteiger partial charge in [0.25, 0.3) is 0 Å². The van der Waals surface area contributed by atoms with Crippen LogP contribution >= 0.6 is 15.9 Å². The standard InChI is InChI=1S/C14H18BrNO4/c1-20-14(19)9-4-6-16(7-5-9)12-8-10(15)2-3-11(12)13(17)18/h2-3,8-9,13,17-18H,4-7H2,1H3. The third-order valence-electron chi connectivity index (χ3n) is 3.64. The van der Waals surface area contributed by atoms with Gasteiger partial charge in [-0.1, -0.05) is 22.0 Å². The topological polar surface area (TPSA) is 70.0 Å². The van der Waals surface area contributed by atoms with Gasteiger partial charge in [0.15, 0.2) is 6.29 Å². The summed E-state index contributed by atoms with van der Waals surface area (Å²) in [5, 5.41) is 18.9. The molecule has 0 amide bonds. The second-order valence-corrected chi connectivity index (χ2v) is 5.78. The van der Waals surface area contributed by atoms with Crippen LogP contribution < -0.4 is 4.90 Å². The van der Waals surface area contributed by atoms with Crippen molar-refractivity contribution in [3.63, 3.8) is 0 Å². The summed E-state index contributed by atoms with van der Waals surface area (Å²) in [6, 6.07) is 5.34. The molecule has 0 unspecified atom stereocenters. The number of piperidine rings is 1. The Hall–Kier alpha value is -1.11. The van der Waals surface area contributed by atoms with Crippen molar-refractivity contribution < 1.29 is 19.7 Å². The van der Waals surface area contributed by atoms with E-state index < -0.39 is 6.29 Å². The molecule has 0 aromatic heterocycles. The Morgan fingerprint density at radius 2 is 2.05 bits per heavy atom. The quantitative estimate of drug-likeness (QED) is 0.647. The zero-order valence-electron chi connectivity index (χ0n) is 11.3. The highest BCUT2D eigenvalue weighted by molar-refractivity contribution is 9.10. The highest BCUT2D eigenvalue weighted by Gasteiger charge is 2.27. The largest absolute Gasteiger partial charge is 0.469 e. The van der Waals surface area contributed by atoms with Crippen molar-refractivity contribution in [2.75, 3.05) is 25.1 Å². The van der Waals surface area contributed by atoms with E-state index in [9.17, 15) is 15.0 Å². The number of hydrogen-bond acceptors (Lipinski definition) is 5. The van der Waals surface area contributed by atoms with Gasteiger partial charge in [0.2, 0.25) is 0 Å². The summed E-state index contributed by atoms with van der Waals surface area (Å²) < 4.78 is 5.65. The summed E-state index contributed by atoms with van der Waals surface area (Å²) in [5.74, 6) is -0.229. The molecular weight excluding hydrogens is 326 g/mol. The number of nitrogens with zero attached hydrogens (tertiary/aromatic N) is 1. The Kier molecular flexibility index (Phi) is 5.01. The van der Waals surface area contributed by atoms with E-state index in [1.54, 1.807) is 12.1 Å². The molecule has 1 aromatic carbocycles. The SMILES string of the molecule is COC(=O)C1CCN(c2cc(Br)ccc2C(O)O)CC1. The van der Waals surface area contributed by atoms with E-state index in [0.29, 0.717) is 31.5 Å². The summed E-state index contributed by atoms with van der Waals surface area (Å²) >= 11 is 3.39. The van der Waals surface area contributed by atoms with E-state index >= 15 is 0 Å². The van der Waals surface area contributed by atoms with Gasteiger partial charge in [-0.2, -0.15) is 0 Å². The predicted octanol–water partition coefficient (Wildman–Crippen LogP) is 1.82. The van der Waals surface area contributed by atoms with Gasteiger partial charge in [0.1, 0.15) is 0 Å². The summed E-state index contributed by atoms with van der Waals surface area (Å²) in [7, 11) is 1.41. The maximum Gasteiger partial charge on any atom is 0.308 e. The Labute approximate surface area is 126 Å². The van der Waals surface area contributed by atoms with E-state index in [2.05, 4.69) is 20.8 Å². The van der Waals surface area contributed by atoms with Crippen LogP contribution in [0.5, 0.6) is 0 Å². The first-order valence-corrected chi connectivity index (χ1v) is 7.30. The minimum absolute atomic E-state index is 0.0640. The van der Waals surface area contributed by atoms with Gasteiger partial charge in [-0.05, 0) is 25.0 Å². The Bertz CT molecular complexity index is 484. The lowest BCUT2D eigenvalue weighted by Crippen LogP contribution is -2.37. The highest BCUT2D eigenvalue weighted by Crippen LogP contribution is 2.32. The molecule has 1 saturated heterocycles. The first-order valence-electron chi connectivity index (χ1n) is 6.51. The van der Waals surface area contributed by atoms with Crippen molar-refractivity contribution in [2.45, 2.75) is 19.1 Å². The van der Waals surface area contributed by atoms with Gasteiger partial charge in [0.05, 0.1) is 13.0 Å². The lowest BCUT2D eigenvalue weighted by atomic mass is 9.96. The van der Waals surface area contributed by atoms with Crippen LogP contribution in [0.15, 0.2) is 22.7 Å². The molecule has 1 aromatic rings. The molecular formula is C14H18BrNO4. The van der Waals surface area contributed by atoms with Crippen molar-refractivity contribution in [2.24, 2.45) is 5.92 Å². The monoisotopic (exact) mass is 343 g/mol. The van der Waals surface area contributed by atoms with Crippen molar-refractivity contribution in [3.8, 4) is 0 Å². The lowest BCUT2D eigenvalue weighted by Gasteiger charge is -2.34. The number of benzene rings is 1. The number of ether oxygens (including phenoxy) is 1. The molecule has 0 saturated carbocycles. The third-order valence-corrected chi connectivity index (χ3v) is 4.13. The van der Waals surface area contributed by atoms with Gasteiger partial charge in [0, 0.05) is 28.8 Å². The minimum Gasteiger partial charge on any atom is -0.469 e.